The number of amides is 1. The molecule has 1 aliphatic heterocycles. The minimum absolute atomic E-state index is 0.0929. The van der Waals surface area contributed by atoms with Crippen molar-refractivity contribution < 1.29 is 27.1 Å². The van der Waals surface area contributed by atoms with Gasteiger partial charge in [0.1, 0.15) is 5.82 Å². The van der Waals surface area contributed by atoms with Crippen LogP contribution in [-0.2, 0) is 25.3 Å². The second kappa shape index (κ2) is 9.36. The van der Waals surface area contributed by atoms with Crippen LogP contribution in [0.15, 0.2) is 48.5 Å². The highest BCUT2D eigenvalue weighted by molar-refractivity contribution is 7.88. The van der Waals surface area contributed by atoms with Crippen molar-refractivity contribution in [1.82, 2.24) is 4.31 Å². The van der Waals surface area contributed by atoms with E-state index in [0.717, 1.165) is 0 Å². The Morgan fingerprint density at radius 2 is 1.80 bits per heavy atom. The van der Waals surface area contributed by atoms with Gasteiger partial charge in [0.2, 0.25) is 15.9 Å². The molecule has 0 bridgehead atoms. The van der Waals surface area contributed by atoms with E-state index in [2.05, 4.69) is 10.1 Å². The number of halogens is 1. The van der Waals surface area contributed by atoms with Crippen molar-refractivity contribution in [3.05, 3.63) is 65.5 Å². The summed E-state index contributed by atoms with van der Waals surface area (Å²) in [5.74, 6) is -1.89. The largest absolute Gasteiger partial charge is 0.465 e. The van der Waals surface area contributed by atoms with Crippen LogP contribution in [-0.4, -0.2) is 44.8 Å². The summed E-state index contributed by atoms with van der Waals surface area (Å²) < 4.78 is 44.5. The summed E-state index contributed by atoms with van der Waals surface area (Å²) in [5.41, 5.74) is 1.37. The van der Waals surface area contributed by atoms with Crippen molar-refractivity contribution in [2.75, 3.05) is 25.5 Å². The van der Waals surface area contributed by atoms with Crippen molar-refractivity contribution in [1.29, 1.82) is 0 Å². The van der Waals surface area contributed by atoms with Crippen LogP contribution >= 0.6 is 0 Å². The van der Waals surface area contributed by atoms with Gasteiger partial charge in [0.05, 0.1) is 24.3 Å². The second-order valence-electron chi connectivity index (χ2n) is 7.14. The fourth-order valence-corrected chi connectivity index (χ4v) is 4.95. The average Bonchev–Trinajstić information content (AvgIpc) is 2.75. The van der Waals surface area contributed by atoms with Crippen LogP contribution in [0, 0.1) is 11.7 Å². The maximum absolute atomic E-state index is 13.0. The number of ether oxygens (including phenoxy) is 1. The van der Waals surface area contributed by atoms with Gasteiger partial charge in [-0.1, -0.05) is 12.1 Å². The molecule has 1 aliphatic rings. The number of carbonyl (C=O) groups is 2. The fourth-order valence-electron chi connectivity index (χ4n) is 3.34. The van der Waals surface area contributed by atoms with Crippen LogP contribution in [0.1, 0.15) is 28.8 Å². The highest BCUT2D eigenvalue weighted by Crippen LogP contribution is 2.23. The second-order valence-corrected chi connectivity index (χ2v) is 9.11. The molecule has 7 nitrogen and oxygen atoms in total. The fraction of sp³-hybridized carbons (Fsp3) is 0.333. The van der Waals surface area contributed by atoms with E-state index in [1.54, 1.807) is 24.3 Å². The molecule has 30 heavy (non-hydrogen) atoms. The predicted octanol–water partition coefficient (Wildman–Crippen LogP) is 2.79. The van der Waals surface area contributed by atoms with E-state index in [1.165, 1.54) is 35.7 Å². The average molecular weight is 434 g/mol. The summed E-state index contributed by atoms with van der Waals surface area (Å²) in [6.07, 6.45) is 1.15. The van der Waals surface area contributed by atoms with Crippen molar-refractivity contribution in [2.24, 2.45) is 5.92 Å². The summed E-state index contributed by atoms with van der Waals surface area (Å²) >= 11 is 0. The number of esters is 1. The molecule has 0 aliphatic carbocycles. The monoisotopic (exact) mass is 434 g/mol. The van der Waals surface area contributed by atoms with Gasteiger partial charge in [0, 0.05) is 18.8 Å². The van der Waals surface area contributed by atoms with Gasteiger partial charge in [-0.3, -0.25) is 4.79 Å². The zero-order valence-corrected chi connectivity index (χ0v) is 17.3. The summed E-state index contributed by atoms with van der Waals surface area (Å²) in [6.45, 7) is 0.441. The van der Waals surface area contributed by atoms with E-state index in [1.807, 2.05) is 0 Å². The lowest BCUT2D eigenvalue weighted by molar-refractivity contribution is -0.120. The number of carbonyl (C=O) groups excluding carboxylic acids is 2. The van der Waals surface area contributed by atoms with Crippen LogP contribution in [0.3, 0.4) is 0 Å². The molecule has 0 spiro atoms. The van der Waals surface area contributed by atoms with E-state index >= 15 is 0 Å². The minimum atomic E-state index is -3.63. The standard InChI is InChI=1S/C21H23FN2O5S/c1-29-21(26)16-6-10-19(11-7-16)23-20(25)17-3-2-12-24(13-17)30(27,28)14-15-4-8-18(22)9-5-15/h4-11,17H,2-3,12-14H2,1H3,(H,23,25). The lowest BCUT2D eigenvalue weighted by Gasteiger charge is -2.31. The Morgan fingerprint density at radius 3 is 2.43 bits per heavy atom. The molecular formula is C21H23FN2O5S. The molecule has 3 rings (SSSR count). The van der Waals surface area contributed by atoms with Crippen LogP contribution in [0.2, 0.25) is 0 Å². The van der Waals surface area contributed by atoms with E-state index in [0.29, 0.717) is 36.2 Å². The normalized spacial score (nSPS) is 17.3. The molecule has 160 valence electrons. The first kappa shape index (κ1) is 21.9. The molecule has 2 aromatic rings. The number of hydrogen-bond acceptors (Lipinski definition) is 5. The third kappa shape index (κ3) is 5.43. The van der Waals surface area contributed by atoms with Gasteiger partial charge in [0.25, 0.3) is 0 Å². The Morgan fingerprint density at radius 1 is 1.13 bits per heavy atom. The topological polar surface area (TPSA) is 92.8 Å². The first-order valence-corrected chi connectivity index (χ1v) is 11.1. The maximum Gasteiger partial charge on any atom is 0.337 e. The first-order valence-electron chi connectivity index (χ1n) is 9.50. The SMILES string of the molecule is COC(=O)c1ccc(NC(=O)C2CCCN(S(=O)(=O)Cc3ccc(F)cc3)C2)cc1. The Kier molecular flexibility index (Phi) is 6.84. The van der Waals surface area contributed by atoms with Crippen molar-refractivity contribution in [3.8, 4) is 0 Å². The van der Waals surface area contributed by atoms with E-state index in [-0.39, 0.29) is 18.2 Å². The number of sulfonamides is 1. The number of hydrogen-bond donors (Lipinski definition) is 1. The van der Waals surface area contributed by atoms with Crippen LogP contribution < -0.4 is 5.32 Å². The molecule has 1 saturated heterocycles. The van der Waals surface area contributed by atoms with Gasteiger partial charge >= 0.3 is 5.97 Å². The zero-order chi connectivity index (χ0) is 21.7. The number of benzene rings is 2. The summed E-state index contributed by atoms with van der Waals surface area (Å²) in [4.78, 5) is 24.1. The van der Waals surface area contributed by atoms with Crippen molar-refractivity contribution >= 4 is 27.6 Å². The molecule has 1 heterocycles. The lowest BCUT2D eigenvalue weighted by Crippen LogP contribution is -2.44. The van der Waals surface area contributed by atoms with Crippen LogP contribution in [0.4, 0.5) is 10.1 Å². The molecule has 0 aromatic heterocycles. The van der Waals surface area contributed by atoms with E-state index in [4.69, 9.17) is 0 Å². The molecule has 1 N–H and O–H groups in total. The molecule has 1 amide bonds. The van der Waals surface area contributed by atoms with Gasteiger partial charge in [0.15, 0.2) is 0 Å². The minimum Gasteiger partial charge on any atom is -0.465 e. The number of anilines is 1. The molecule has 0 radical (unpaired) electrons. The number of nitrogens with zero attached hydrogens (tertiary/aromatic N) is 1. The van der Waals surface area contributed by atoms with Gasteiger partial charge < -0.3 is 10.1 Å². The van der Waals surface area contributed by atoms with Crippen LogP contribution in [0.5, 0.6) is 0 Å². The first-order chi connectivity index (χ1) is 14.3. The summed E-state index contributed by atoms with van der Waals surface area (Å²) in [5, 5.41) is 2.77. The molecule has 1 unspecified atom stereocenters. The molecule has 1 fully saturated rings. The number of rotatable bonds is 6. The maximum atomic E-state index is 13.0. The Hall–Kier alpha value is -2.78. The Labute approximate surface area is 174 Å². The Bertz CT molecular complexity index is 1010. The third-order valence-electron chi connectivity index (χ3n) is 4.98. The Balaban J connectivity index is 1.62. The van der Waals surface area contributed by atoms with Crippen molar-refractivity contribution in [2.45, 2.75) is 18.6 Å². The molecule has 9 heteroatoms. The lowest BCUT2D eigenvalue weighted by atomic mass is 9.98. The molecule has 0 saturated carbocycles. The highest BCUT2D eigenvalue weighted by Gasteiger charge is 2.32. The third-order valence-corrected chi connectivity index (χ3v) is 6.80. The highest BCUT2D eigenvalue weighted by atomic mass is 32.2. The molecule has 2 aromatic carbocycles. The number of piperidine rings is 1. The van der Waals surface area contributed by atoms with Gasteiger partial charge in [-0.05, 0) is 54.8 Å². The number of nitrogens with one attached hydrogen (secondary N) is 1. The number of methoxy groups -OCH3 is 1. The molecular weight excluding hydrogens is 411 g/mol. The zero-order valence-electron chi connectivity index (χ0n) is 16.5. The van der Waals surface area contributed by atoms with Crippen molar-refractivity contribution in [3.63, 3.8) is 0 Å². The van der Waals surface area contributed by atoms with Gasteiger partial charge in [-0.2, -0.15) is 0 Å². The van der Waals surface area contributed by atoms with E-state index < -0.39 is 27.7 Å². The van der Waals surface area contributed by atoms with Gasteiger partial charge in [-0.15, -0.1) is 0 Å². The smallest absolute Gasteiger partial charge is 0.337 e. The predicted molar refractivity (Wildman–Crippen MR) is 110 cm³/mol. The van der Waals surface area contributed by atoms with Gasteiger partial charge in [-0.25, -0.2) is 21.9 Å². The molecule has 1 atom stereocenters. The quantitative estimate of drug-likeness (QED) is 0.706. The summed E-state index contributed by atoms with van der Waals surface area (Å²) in [6, 6.07) is 11.6. The van der Waals surface area contributed by atoms with E-state index in [9.17, 15) is 22.4 Å². The van der Waals surface area contributed by atoms with Crippen LogP contribution in [0.25, 0.3) is 0 Å². The summed E-state index contributed by atoms with van der Waals surface area (Å²) in [7, 11) is -2.34.